The van der Waals surface area contributed by atoms with E-state index in [9.17, 15) is 4.79 Å². The highest BCUT2D eigenvalue weighted by molar-refractivity contribution is 5.94. The summed E-state index contributed by atoms with van der Waals surface area (Å²) in [4.78, 5) is 18.3. The minimum atomic E-state index is -0.0862. The lowest BCUT2D eigenvalue weighted by molar-refractivity contribution is 0.0740. The highest BCUT2D eigenvalue weighted by Crippen LogP contribution is 2.08. The zero-order chi connectivity index (χ0) is 15.1. The Labute approximate surface area is 119 Å². The van der Waals surface area contributed by atoms with Crippen molar-refractivity contribution < 1.29 is 10.0 Å². The van der Waals surface area contributed by atoms with Crippen LogP contribution in [0.1, 0.15) is 36.3 Å². The van der Waals surface area contributed by atoms with Crippen molar-refractivity contribution in [3.05, 3.63) is 29.6 Å². The summed E-state index contributed by atoms with van der Waals surface area (Å²) in [6.45, 7) is 6.99. The molecule has 0 bridgehead atoms. The van der Waals surface area contributed by atoms with E-state index in [1.54, 1.807) is 17.2 Å². The molecule has 6 heteroatoms. The molecule has 0 unspecified atom stereocenters. The predicted molar refractivity (Wildman–Crippen MR) is 77.7 cm³/mol. The second-order valence-corrected chi connectivity index (χ2v) is 5.17. The van der Waals surface area contributed by atoms with Gasteiger partial charge in [0.2, 0.25) is 0 Å². The van der Waals surface area contributed by atoms with Gasteiger partial charge in [0.05, 0.1) is 5.56 Å². The fourth-order valence-corrected chi connectivity index (χ4v) is 1.79. The van der Waals surface area contributed by atoms with E-state index in [4.69, 9.17) is 10.9 Å². The molecule has 1 heterocycles. The van der Waals surface area contributed by atoms with Gasteiger partial charge in [-0.1, -0.05) is 19.0 Å². The molecule has 0 atom stereocenters. The second-order valence-electron chi connectivity index (χ2n) is 5.17. The topological polar surface area (TPSA) is 91.8 Å². The molecule has 110 valence electrons. The number of hydrogen-bond acceptors (Lipinski definition) is 4. The van der Waals surface area contributed by atoms with E-state index in [1.165, 1.54) is 0 Å². The van der Waals surface area contributed by atoms with E-state index < -0.39 is 0 Å². The standard InChI is InChI=1S/C14H22N4O2/c1-10(2)9-18(7-6-13(15)17-20)14(19)12-5-4-11(3)16-8-12/h4-5,8,10,20H,6-7,9H2,1-3H3,(H2,15,17). The third-order valence-electron chi connectivity index (χ3n) is 2.80. The van der Waals surface area contributed by atoms with E-state index in [2.05, 4.69) is 10.1 Å². The number of pyridine rings is 1. The van der Waals surface area contributed by atoms with E-state index in [0.29, 0.717) is 31.0 Å². The van der Waals surface area contributed by atoms with Gasteiger partial charge in [-0.15, -0.1) is 0 Å². The number of aryl methyl sites for hydroxylation is 1. The lowest BCUT2D eigenvalue weighted by atomic mass is 10.1. The van der Waals surface area contributed by atoms with Gasteiger partial charge in [-0.3, -0.25) is 9.78 Å². The van der Waals surface area contributed by atoms with Crippen molar-refractivity contribution in [2.75, 3.05) is 13.1 Å². The molecule has 1 aromatic heterocycles. The molecule has 20 heavy (non-hydrogen) atoms. The van der Waals surface area contributed by atoms with Crippen LogP contribution in [-0.2, 0) is 0 Å². The maximum atomic E-state index is 12.4. The highest BCUT2D eigenvalue weighted by Gasteiger charge is 2.17. The van der Waals surface area contributed by atoms with E-state index in [1.807, 2.05) is 26.8 Å². The number of rotatable bonds is 6. The minimum Gasteiger partial charge on any atom is -0.409 e. The lowest BCUT2D eigenvalue weighted by Gasteiger charge is -2.24. The average molecular weight is 278 g/mol. The fraction of sp³-hybridized carbons (Fsp3) is 0.500. The van der Waals surface area contributed by atoms with Crippen LogP contribution in [0.4, 0.5) is 0 Å². The number of nitrogens with two attached hydrogens (primary N) is 1. The maximum absolute atomic E-state index is 12.4. The first kappa shape index (κ1) is 15.9. The maximum Gasteiger partial charge on any atom is 0.255 e. The van der Waals surface area contributed by atoms with Crippen LogP contribution in [0.3, 0.4) is 0 Å². The first-order chi connectivity index (χ1) is 9.43. The Hall–Kier alpha value is -2.11. The van der Waals surface area contributed by atoms with Crippen LogP contribution in [0, 0.1) is 12.8 Å². The number of amidine groups is 1. The summed E-state index contributed by atoms with van der Waals surface area (Å²) >= 11 is 0. The quantitative estimate of drug-likeness (QED) is 0.358. The van der Waals surface area contributed by atoms with Crippen LogP contribution < -0.4 is 5.73 Å². The monoisotopic (exact) mass is 278 g/mol. The molecule has 0 radical (unpaired) electrons. The Kier molecular flexibility index (Phi) is 5.96. The van der Waals surface area contributed by atoms with Gasteiger partial charge in [0.1, 0.15) is 5.84 Å². The van der Waals surface area contributed by atoms with Crippen LogP contribution >= 0.6 is 0 Å². The number of carbonyl (C=O) groups is 1. The smallest absolute Gasteiger partial charge is 0.255 e. The number of carbonyl (C=O) groups excluding carboxylic acids is 1. The number of oxime groups is 1. The zero-order valence-electron chi connectivity index (χ0n) is 12.2. The predicted octanol–water partition coefficient (Wildman–Crippen LogP) is 1.62. The van der Waals surface area contributed by atoms with Gasteiger partial charge in [0, 0.05) is 31.4 Å². The van der Waals surface area contributed by atoms with Crippen LogP contribution in [0.15, 0.2) is 23.5 Å². The molecule has 6 nitrogen and oxygen atoms in total. The summed E-state index contributed by atoms with van der Waals surface area (Å²) < 4.78 is 0. The molecule has 0 fully saturated rings. The summed E-state index contributed by atoms with van der Waals surface area (Å²) in [7, 11) is 0. The third-order valence-corrected chi connectivity index (χ3v) is 2.80. The molecular formula is C14H22N4O2. The zero-order valence-corrected chi connectivity index (χ0v) is 12.2. The molecule has 1 amide bonds. The second kappa shape index (κ2) is 7.47. The van der Waals surface area contributed by atoms with Crippen molar-refractivity contribution in [3.8, 4) is 0 Å². The molecule has 1 aromatic rings. The third kappa shape index (κ3) is 4.87. The van der Waals surface area contributed by atoms with Crippen molar-refractivity contribution in [2.45, 2.75) is 27.2 Å². The molecule has 0 aromatic carbocycles. The lowest BCUT2D eigenvalue weighted by Crippen LogP contribution is -2.36. The molecular weight excluding hydrogens is 256 g/mol. The molecule has 1 rings (SSSR count). The van der Waals surface area contributed by atoms with Crippen molar-refractivity contribution in [2.24, 2.45) is 16.8 Å². The molecule has 0 spiro atoms. The van der Waals surface area contributed by atoms with Crippen molar-refractivity contribution in [3.63, 3.8) is 0 Å². The van der Waals surface area contributed by atoms with Crippen molar-refractivity contribution >= 4 is 11.7 Å². The van der Waals surface area contributed by atoms with Crippen molar-refractivity contribution in [1.29, 1.82) is 0 Å². The Balaban J connectivity index is 2.80. The normalized spacial score (nSPS) is 11.7. The first-order valence-corrected chi connectivity index (χ1v) is 6.62. The number of hydrogen-bond donors (Lipinski definition) is 2. The summed E-state index contributed by atoms with van der Waals surface area (Å²) in [6.07, 6.45) is 1.92. The van der Waals surface area contributed by atoms with Gasteiger partial charge in [-0.2, -0.15) is 0 Å². The van der Waals surface area contributed by atoms with Gasteiger partial charge in [-0.05, 0) is 25.0 Å². The van der Waals surface area contributed by atoms with Gasteiger partial charge in [0.25, 0.3) is 5.91 Å². The Bertz CT molecular complexity index is 469. The van der Waals surface area contributed by atoms with Crippen LogP contribution in [0.5, 0.6) is 0 Å². The minimum absolute atomic E-state index is 0.0862. The molecule has 0 aliphatic carbocycles. The Morgan fingerprint density at radius 3 is 2.70 bits per heavy atom. The summed E-state index contributed by atoms with van der Waals surface area (Å²) in [5.41, 5.74) is 6.88. The molecule has 0 aliphatic rings. The fourth-order valence-electron chi connectivity index (χ4n) is 1.79. The Morgan fingerprint density at radius 1 is 1.50 bits per heavy atom. The van der Waals surface area contributed by atoms with Crippen LogP contribution in [0.2, 0.25) is 0 Å². The van der Waals surface area contributed by atoms with E-state index in [-0.39, 0.29) is 11.7 Å². The van der Waals surface area contributed by atoms with Gasteiger partial charge in [-0.25, -0.2) is 0 Å². The van der Waals surface area contributed by atoms with Crippen LogP contribution in [-0.4, -0.2) is 39.9 Å². The first-order valence-electron chi connectivity index (χ1n) is 6.62. The van der Waals surface area contributed by atoms with Gasteiger partial charge >= 0.3 is 0 Å². The van der Waals surface area contributed by atoms with Crippen molar-refractivity contribution in [1.82, 2.24) is 9.88 Å². The SMILES string of the molecule is Cc1ccc(C(=O)N(CCC(N)=NO)CC(C)C)cn1. The Morgan fingerprint density at radius 2 is 2.20 bits per heavy atom. The molecule has 0 saturated carbocycles. The van der Waals surface area contributed by atoms with Gasteiger partial charge < -0.3 is 15.8 Å². The van der Waals surface area contributed by atoms with E-state index >= 15 is 0 Å². The summed E-state index contributed by atoms with van der Waals surface area (Å²) in [5, 5.41) is 11.5. The summed E-state index contributed by atoms with van der Waals surface area (Å²) in [5.74, 6) is 0.371. The largest absolute Gasteiger partial charge is 0.409 e. The van der Waals surface area contributed by atoms with E-state index in [0.717, 1.165) is 5.69 Å². The summed E-state index contributed by atoms with van der Waals surface area (Å²) in [6, 6.07) is 3.58. The molecule has 0 aliphatic heterocycles. The molecule has 0 saturated heterocycles. The average Bonchev–Trinajstić information content (AvgIpc) is 2.42. The number of amides is 1. The number of aromatic nitrogens is 1. The highest BCUT2D eigenvalue weighted by atomic mass is 16.4. The molecule has 3 N–H and O–H groups in total. The van der Waals surface area contributed by atoms with Crippen LogP contribution in [0.25, 0.3) is 0 Å². The number of nitrogens with zero attached hydrogens (tertiary/aromatic N) is 3. The van der Waals surface area contributed by atoms with Gasteiger partial charge in [0.15, 0.2) is 0 Å².